The number of para-hydroxylation sites is 3. The molecule has 0 radical (unpaired) electrons. The Morgan fingerprint density at radius 2 is 1.12 bits per heavy atom. The van der Waals surface area contributed by atoms with Crippen molar-refractivity contribution in [1.82, 2.24) is 9.55 Å². The van der Waals surface area contributed by atoms with Gasteiger partial charge in [-0.15, -0.1) is 0 Å². The molecular weight excluding hydrogens is 412 g/mol. The predicted octanol–water partition coefficient (Wildman–Crippen LogP) is 8.72. The molecule has 0 bridgehead atoms. The van der Waals surface area contributed by atoms with Crippen molar-refractivity contribution in [3.05, 3.63) is 115 Å². The number of hydrogen-bond acceptors (Lipinski definition) is 0. The summed E-state index contributed by atoms with van der Waals surface area (Å²) < 4.78 is 2.40. The number of nitrogens with zero attached hydrogens (tertiary/aromatic N) is 1. The Balaban J connectivity index is 1.63. The van der Waals surface area contributed by atoms with Crippen molar-refractivity contribution < 1.29 is 0 Å². The SMILES string of the molecule is c1ccc(-n2c3ccccc3c3c4c(ccc5c4ccc4[nH]c6ccccc6c45)ccc32)cc1. The highest BCUT2D eigenvalue weighted by Crippen LogP contribution is 2.42. The molecule has 0 aliphatic carbocycles. The molecule has 2 nitrogen and oxygen atoms in total. The van der Waals surface area contributed by atoms with E-state index in [1.165, 1.54) is 70.8 Å². The molecule has 8 aromatic rings. The van der Waals surface area contributed by atoms with E-state index in [1.807, 2.05) is 0 Å². The maximum absolute atomic E-state index is 3.61. The van der Waals surface area contributed by atoms with Crippen molar-refractivity contribution >= 4 is 65.2 Å². The highest BCUT2D eigenvalue weighted by Gasteiger charge is 2.17. The lowest BCUT2D eigenvalue weighted by Gasteiger charge is -2.10. The lowest BCUT2D eigenvalue weighted by molar-refractivity contribution is 1.18. The number of H-pyrrole nitrogens is 1. The van der Waals surface area contributed by atoms with Crippen molar-refractivity contribution in [1.29, 1.82) is 0 Å². The third kappa shape index (κ3) is 2.24. The molecule has 34 heavy (non-hydrogen) atoms. The van der Waals surface area contributed by atoms with Gasteiger partial charge in [-0.2, -0.15) is 0 Å². The Bertz CT molecular complexity index is 2060. The van der Waals surface area contributed by atoms with E-state index in [9.17, 15) is 0 Å². The zero-order chi connectivity index (χ0) is 22.2. The lowest BCUT2D eigenvalue weighted by atomic mass is 9.95. The third-order valence-corrected chi connectivity index (χ3v) is 7.30. The molecule has 1 N–H and O–H groups in total. The Hall–Kier alpha value is -4.56. The first kappa shape index (κ1) is 17.9. The van der Waals surface area contributed by atoms with E-state index in [4.69, 9.17) is 0 Å². The van der Waals surface area contributed by atoms with E-state index in [-0.39, 0.29) is 0 Å². The maximum atomic E-state index is 3.61. The molecular formula is C32H20N2. The first-order valence-electron chi connectivity index (χ1n) is 11.7. The molecule has 2 heteroatoms. The molecule has 0 aliphatic rings. The number of aromatic amines is 1. The van der Waals surface area contributed by atoms with Gasteiger partial charge in [-0.05, 0) is 57.9 Å². The fraction of sp³-hybridized carbons (Fsp3) is 0. The fourth-order valence-corrected chi connectivity index (χ4v) is 5.89. The molecule has 8 rings (SSSR count). The van der Waals surface area contributed by atoms with Crippen LogP contribution >= 0.6 is 0 Å². The van der Waals surface area contributed by atoms with Crippen LogP contribution in [0.2, 0.25) is 0 Å². The van der Waals surface area contributed by atoms with Crippen LogP contribution in [0.25, 0.3) is 70.8 Å². The van der Waals surface area contributed by atoms with E-state index in [1.54, 1.807) is 0 Å². The van der Waals surface area contributed by atoms with Gasteiger partial charge in [0.1, 0.15) is 0 Å². The Morgan fingerprint density at radius 1 is 0.412 bits per heavy atom. The van der Waals surface area contributed by atoms with Gasteiger partial charge in [-0.25, -0.2) is 0 Å². The molecule has 2 aromatic heterocycles. The number of benzene rings is 6. The summed E-state index contributed by atoms with van der Waals surface area (Å²) in [6, 6.07) is 41.7. The number of aromatic nitrogens is 2. The van der Waals surface area contributed by atoms with Crippen LogP contribution in [0, 0.1) is 0 Å². The van der Waals surface area contributed by atoms with E-state index in [0.29, 0.717) is 0 Å². The Labute approximate surface area is 195 Å². The number of hydrogen-bond donors (Lipinski definition) is 1. The fourth-order valence-electron chi connectivity index (χ4n) is 5.89. The molecule has 2 heterocycles. The monoisotopic (exact) mass is 432 g/mol. The minimum absolute atomic E-state index is 1.18. The van der Waals surface area contributed by atoms with Gasteiger partial charge in [0.05, 0.1) is 11.0 Å². The number of fused-ring (bicyclic) bond motifs is 11. The molecule has 158 valence electrons. The van der Waals surface area contributed by atoms with Crippen molar-refractivity contribution in [2.45, 2.75) is 0 Å². The molecule has 0 saturated carbocycles. The molecule has 0 aliphatic heterocycles. The largest absolute Gasteiger partial charge is 0.354 e. The second-order valence-electron chi connectivity index (χ2n) is 9.07. The van der Waals surface area contributed by atoms with Crippen molar-refractivity contribution in [3.63, 3.8) is 0 Å². The number of rotatable bonds is 1. The average molecular weight is 433 g/mol. The standard InChI is InChI=1S/C32H20N2/c1-2-8-21(9-3-1)34-28-13-7-5-11-25(28)32-29(34)19-15-20-14-16-23-22(30(20)32)17-18-27-31(23)24-10-4-6-12-26(24)33-27/h1-19,33H. The quantitative estimate of drug-likeness (QED) is 0.250. The van der Waals surface area contributed by atoms with Gasteiger partial charge in [0.15, 0.2) is 0 Å². The van der Waals surface area contributed by atoms with Gasteiger partial charge in [0.2, 0.25) is 0 Å². The van der Waals surface area contributed by atoms with E-state index in [2.05, 4.69) is 125 Å². The van der Waals surface area contributed by atoms with Crippen LogP contribution in [0.1, 0.15) is 0 Å². The molecule has 0 amide bonds. The average Bonchev–Trinajstić information content (AvgIpc) is 3.45. The smallest absolute Gasteiger partial charge is 0.0547 e. The van der Waals surface area contributed by atoms with Crippen LogP contribution in [0.15, 0.2) is 115 Å². The molecule has 0 saturated heterocycles. The van der Waals surface area contributed by atoms with Gasteiger partial charge in [-0.3, -0.25) is 0 Å². The second-order valence-corrected chi connectivity index (χ2v) is 9.07. The van der Waals surface area contributed by atoms with Crippen molar-refractivity contribution in [2.75, 3.05) is 0 Å². The minimum atomic E-state index is 1.18. The van der Waals surface area contributed by atoms with Gasteiger partial charge in [-0.1, -0.05) is 78.9 Å². The summed E-state index contributed by atoms with van der Waals surface area (Å²) in [7, 11) is 0. The molecule has 0 spiro atoms. The van der Waals surface area contributed by atoms with Crippen LogP contribution in [-0.2, 0) is 0 Å². The van der Waals surface area contributed by atoms with Crippen LogP contribution < -0.4 is 0 Å². The Morgan fingerprint density at radius 3 is 2.03 bits per heavy atom. The van der Waals surface area contributed by atoms with E-state index < -0.39 is 0 Å². The first-order chi connectivity index (χ1) is 16.9. The third-order valence-electron chi connectivity index (χ3n) is 7.30. The van der Waals surface area contributed by atoms with Crippen LogP contribution in [0.5, 0.6) is 0 Å². The molecule has 0 fully saturated rings. The summed E-state index contributed by atoms with van der Waals surface area (Å²) in [6.45, 7) is 0. The summed E-state index contributed by atoms with van der Waals surface area (Å²) in [5.74, 6) is 0. The van der Waals surface area contributed by atoms with Crippen molar-refractivity contribution in [3.8, 4) is 5.69 Å². The van der Waals surface area contributed by atoms with E-state index >= 15 is 0 Å². The van der Waals surface area contributed by atoms with Crippen molar-refractivity contribution in [2.24, 2.45) is 0 Å². The maximum Gasteiger partial charge on any atom is 0.0547 e. The summed E-state index contributed by atoms with van der Waals surface area (Å²) in [5.41, 5.74) is 6.04. The highest BCUT2D eigenvalue weighted by molar-refractivity contribution is 6.32. The second kappa shape index (κ2) is 6.49. The summed E-state index contributed by atoms with van der Waals surface area (Å²) in [4.78, 5) is 3.61. The van der Waals surface area contributed by atoms with Crippen LogP contribution in [-0.4, -0.2) is 9.55 Å². The predicted molar refractivity (Wildman–Crippen MR) is 145 cm³/mol. The highest BCUT2D eigenvalue weighted by atomic mass is 15.0. The van der Waals surface area contributed by atoms with Gasteiger partial charge < -0.3 is 9.55 Å². The van der Waals surface area contributed by atoms with E-state index in [0.717, 1.165) is 0 Å². The zero-order valence-electron chi connectivity index (χ0n) is 18.4. The number of nitrogens with one attached hydrogen (secondary N) is 1. The molecule has 0 atom stereocenters. The Kier molecular flexibility index (Phi) is 3.42. The van der Waals surface area contributed by atoms with Crippen LogP contribution in [0.4, 0.5) is 0 Å². The summed E-state index contributed by atoms with van der Waals surface area (Å²) in [6.07, 6.45) is 0. The molecule has 0 unspecified atom stereocenters. The zero-order valence-corrected chi connectivity index (χ0v) is 18.4. The summed E-state index contributed by atoms with van der Waals surface area (Å²) >= 11 is 0. The molecule has 6 aromatic carbocycles. The minimum Gasteiger partial charge on any atom is -0.354 e. The normalized spacial score (nSPS) is 12.1. The first-order valence-corrected chi connectivity index (χ1v) is 11.7. The summed E-state index contributed by atoms with van der Waals surface area (Å²) in [5, 5.41) is 10.4. The lowest BCUT2D eigenvalue weighted by Crippen LogP contribution is -1.92. The van der Waals surface area contributed by atoms with Gasteiger partial charge in [0.25, 0.3) is 0 Å². The van der Waals surface area contributed by atoms with Gasteiger partial charge >= 0.3 is 0 Å². The topological polar surface area (TPSA) is 20.7 Å². The van der Waals surface area contributed by atoms with Crippen LogP contribution in [0.3, 0.4) is 0 Å². The van der Waals surface area contributed by atoms with Gasteiger partial charge in [0, 0.05) is 38.3 Å².